The average Bonchev–Trinajstić information content (AvgIpc) is 2.71. The number of halogens is 2. The van der Waals surface area contributed by atoms with Crippen molar-refractivity contribution in [3.63, 3.8) is 0 Å². The third-order valence-corrected chi connectivity index (χ3v) is 4.95. The molecule has 0 aromatic heterocycles. The first-order chi connectivity index (χ1) is 13.8. The molecule has 0 spiro atoms. The first-order valence-electron chi connectivity index (χ1n) is 8.81. The van der Waals surface area contributed by atoms with Gasteiger partial charge in [-0.1, -0.05) is 41.4 Å². The summed E-state index contributed by atoms with van der Waals surface area (Å²) >= 11 is 11.8. The zero-order valence-electron chi connectivity index (χ0n) is 15.6. The van der Waals surface area contributed by atoms with E-state index in [-0.39, 0.29) is 31.0 Å². The number of hydrazone groups is 1. The van der Waals surface area contributed by atoms with Crippen molar-refractivity contribution < 1.29 is 14.4 Å². The molecule has 150 valence electrons. The average molecular weight is 433 g/mol. The molecule has 0 atom stereocenters. The molecule has 1 aliphatic heterocycles. The zero-order valence-corrected chi connectivity index (χ0v) is 17.1. The molecular weight excluding hydrogens is 415 g/mol. The number of amides is 3. The van der Waals surface area contributed by atoms with Crippen molar-refractivity contribution in [2.24, 2.45) is 5.10 Å². The topological polar surface area (TPSA) is 82.1 Å². The number of hydrogen-bond donors (Lipinski definition) is 1. The Morgan fingerprint density at radius 1 is 1.10 bits per heavy atom. The van der Waals surface area contributed by atoms with E-state index in [2.05, 4.69) is 10.4 Å². The molecule has 1 N–H and O–H groups in total. The molecule has 3 amide bonds. The van der Waals surface area contributed by atoms with Crippen LogP contribution in [0.3, 0.4) is 0 Å². The Morgan fingerprint density at radius 3 is 2.52 bits per heavy atom. The van der Waals surface area contributed by atoms with Crippen LogP contribution in [0.25, 0.3) is 0 Å². The summed E-state index contributed by atoms with van der Waals surface area (Å²) < 4.78 is 0. The molecule has 29 heavy (non-hydrogen) atoms. The maximum absolute atomic E-state index is 12.7. The fraction of sp³-hybridized carbons (Fsp3) is 0.200. The van der Waals surface area contributed by atoms with Crippen LogP contribution in [0.15, 0.2) is 53.6 Å². The second-order valence-electron chi connectivity index (χ2n) is 6.43. The van der Waals surface area contributed by atoms with Gasteiger partial charge in [0, 0.05) is 25.6 Å². The van der Waals surface area contributed by atoms with Crippen LogP contribution in [-0.2, 0) is 14.4 Å². The molecule has 2 aromatic rings. The van der Waals surface area contributed by atoms with Crippen molar-refractivity contribution in [1.82, 2.24) is 4.90 Å². The fourth-order valence-corrected chi connectivity index (χ4v) is 3.06. The predicted octanol–water partition coefficient (Wildman–Crippen LogP) is 3.57. The molecule has 7 nitrogen and oxygen atoms in total. The number of likely N-dealkylation sites (N-methyl/N-ethyl adjacent to an activating group) is 1. The van der Waals surface area contributed by atoms with Gasteiger partial charge in [0.25, 0.3) is 5.91 Å². The quantitative estimate of drug-likeness (QED) is 0.783. The van der Waals surface area contributed by atoms with Crippen molar-refractivity contribution in [2.45, 2.75) is 12.8 Å². The first kappa shape index (κ1) is 20.8. The largest absolute Gasteiger partial charge is 0.331 e. The molecule has 0 saturated carbocycles. The van der Waals surface area contributed by atoms with Crippen LogP contribution in [0.1, 0.15) is 12.8 Å². The molecule has 0 saturated heterocycles. The minimum Gasteiger partial charge on any atom is -0.331 e. The Morgan fingerprint density at radius 2 is 1.83 bits per heavy atom. The van der Waals surface area contributed by atoms with E-state index in [1.165, 1.54) is 23.0 Å². The highest BCUT2D eigenvalue weighted by Crippen LogP contribution is 2.25. The third-order valence-electron chi connectivity index (χ3n) is 4.21. The second kappa shape index (κ2) is 9.07. The van der Waals surface area contributed by atoms with Crippen LogP contribution in [-0.4, -0.2) is 41.9 Å². The Kier molecular flexibility index (Phi) is 6.51. The molecule has 9 heteroatoms. The standard InChI is InChI=1S/C20H18Cl2N4O3/c1-25(12-18(27)23-13-7-8-15(21)16(22)11-13)20(29)17-9-10-19(28)26(24-17)14-5-3-2-4-6-14/h2-8,11H,9-10,12H2,1H3,(H,23,27). The van der Waals surface area contributed by atoms with E-state index in [1.54, 1.807) is 36.4 Å². The van der Waals surface area contributed by atoms with Gasteiger partial charge in [0.1, 0.15) is 5.71 Å². The van der Waals surface area contributed by atoms with E-state index in [9.17, 15) is 14.4 Å². The highest BCUT2D eigenvalue weighted by Gasteiger charge is 2.27. The van der Waals surface area contributed by atoms with Gasteiger partial charge in [0.2, 0.25) is 11.8 Å². The number of benzene rings is 2. The van der Waals surface area contributed by atoms with Gasteiger partial charge >= 0.3 is 0 Å². The summed E-state index contributed by atoms with van der Waals surface area (Å²) in [5.41, 5.74) is 1.28. The molecule has 0 radical (unpaired) electrons. The lowest BCUT2D eigenvalue weighted by Gasteiger charge is -2.25. The van der Waals surface area contributed by atoms with E-state index in [4.69, 9.17) is 23.2 Å². The number of nitrogens with one attached hydrogen (secondary N) is 1. The number of anilines is 2. The molecular formula is C20H18Cl2N4O3. The molecule has 1 aliphatic rings. The van der Waals surface area contributed by atoms with Crippen LogP contribution in [0.2, 0.25) is 10.0 Å². The minimum atomic E-state index is -0.414. The van der Waals surface area contributed by atoms with Gasteiger partial charge in [0.15, 0.2) is 0 Å². The van der Waals surface area contributed by atoms with E-state index < -0.39 is 11.8 Å². The van der Waals surface area contributed by atoms with Crippen LogP contribution in [0, 0.1) is 0 Å². The lowest BCUT2D eigenvalue weighted by molar-refractivity contribution is -0.128. The van der Waals surface area contributed by atoms with Gasteiger partial charge in [-0.2, -0.15) is 5.10 Å². The molecule has 1 heterocycles. The van der Waals surface area contributed by atoms with Gasteiger partial charge < -0.3 is 10.2 Å². The Bertz CT molecular complexity index is 979. The highest BCUT2D eigenvalue weighted by molar-refractivity contribution is 6.42. The maximum atomic E-state index is 12.7. The van der Waals surface area contributed by atoms with Gasteiger partial charge in [-0.05, 0) is 30.3 Å². The molecule has 3 rings (SSSR count). The molecule has 0 bridgehead atoms. The Hall–Kier alpha value is -2.90. The summed E-state index contributed by atoms with van der Waals surface area (Å²) in [5.74, 6) is -0.998. The lowest BCUT2D eigenvalue weighted by Crippen LogP contribution is -2.42. The van der Waals surface area contributed by atoms with Crippen LogP contribution < -0.4 is 10.3 Å². The number of carbonyl (C=O) groups is 3. The predicted molar refractivity (Wildman–Crippen MR) is 113 cm³/mol. The van der Waals surface area contributed by atoms with Crippen molar-refractivity contribution in [3.05, 3.63) is 58.6 Å². The first-order valence-corrected chi connectivity index (χ1v) is 9.56. The van der Waals surface area contributed by atoms with Crippen molar-refractivity contribution in [2.75, 3.05) is 23.9 Å². The number of hydrogen-bond acceptors (Lipinski definition) is 4. The van der Waals surface area contributed by atoms with Crippen LogP contribution in [0.4, 0.5) is 11.4 Å². The second-order valence-corrected chi connectivity index (χ2v) is 7.24. The number of carbonyl (C=O) groups excluding carboxylic acids is 3. The summed E-state index contributed by atoms with van der Waals surface area (Å²) in [4.78, 5) is 38.4. The van der Waals surface area contributed by atoms with Gasteiger partial charge in [-0.3, -0.25) is 14.4 Å². The summed E-state index contributed by atoms with van der Waals surface area (Å²) in [6, 6.07) is 13.6. The summed E-state index contributed by atoms with van der Waals surface area (Å²) in [5, 5.41) is 8.79. The highest BCUT2D eigenvalue weighted by atomic mass is 35.5. The minimum absolute atomic E-state index is 0.169. The van der Waals surface area contributed by atoms with E-state index in [0.29, 0.717) is 21.4 Å². The molecule has 0 unspecified atom stereocenters. The summed E-state index contributed by atoms with van der Waals surface area (Å²) in [7, 11) is 1.50. The smallest absolute Gasteiger partial charge is 0.270 e. The monoisotopic (exact) mass is 432 g/mol. The normalized spacial score (nSPS) is 13.7. The third kappa shape index (κ3) is 5.13. The van der Waals surface area contributed by atoms with Gasteiger partial charge in [-0.25, -0.2) is 5.01 Å². The zero-order chi connectivity index (χ0) is 21.0. The van der Waals surface area contributed by atoms with Crippen molar-refractivity contribution >= 4 is 58.0 Å². The lowest BCUT2D eigenvalue weighted by atomic mass is 10.1. The Balaban J connectivity index is 1.66. The number of nitrogens with zero attached hydrogens (tertiary/aromatic N) is 3. The molecule has 0 aliphatic carbocycles. The SMILES string of the molecule is CN(CC(=O)Nc1ccc(Cl)c(Cl)c1)C(=O)C1=NN(c2ccccc2)C(=O)CC1. The number of rotatable bonds is 5. The van der Waals surface area contributed by atoms with E-state index >= 15 is 0 Å². The van der Waals surface area contributed by atoms with E-state index in [0.717, 1.165) is 0 Å². The molecule has 2 aromatic carbocycles. The fourth-order valence-electron chi connectivity index (χ4n) is 2.76. The van der Waals surface area contributed by atoms with Crippen molar-refractivity contribution in [3.8, 4) is 0 Å². The summed E-state index contributed by atoms with van der Waals surface area (Å²) in [6.07, 6.45) is 0.391. The van der Waals surface area contributed by atoms with Crippen LogP contribution in [0.5, 0.6) is 0 Å². The van der Waals surface area contributed by atoms with Crippen molar-refractivity contribution in [1.29, 1.82) is 0 Å². The van der Waals surface area contributed by atoms with Gasteiger partial charge in [0.05, 0.1) is 22.3 Å². The van der Waals surface area contributed by atoms with E-state index in [1.807, 2.05) is 6.07 Å². The molecule has 0 fully saturated rings. The van der Waals surface area contributed by atoms with Gasteiger partial charge in [-0.15, -0.1) is 0 Å². The summed E-state index contributed by atoms with van der Waals surface area (Å²) in [6.45, 7) is -0.183. The number of para-hydroxylation sites is 1. The Labute approximate surface area is 177 Å². The van der Waals surface area contributed by atoms with Crippen LogP contribution >= 0.6 is 23.2 Å². The maximum Gasteiger partial charge on any atom is 0.270 e.